The highest BCUT2D eigenvalue weighted by atomic mass is 32.2. The van der Waals surface area contributed by atoms with Crippen LogP contribution in [0.5, 0.6) is 5.75 Å². The van der Waals surface area contributed by atoms with E-state index in [1.165, 1.54) is 36.0 Å². The van der Waals surface area contributed by atoms with Crippen LogP contribution in [0.4, 0.5) is 10.1 Å². The number of ether oxygens (including phenoxy) is 1. The normalized spacial score (nSPS) is 17.4. The maximum absolute atomic E-state index is 12.9. The van der Waals surface area contributed by atoms with E-state index in [1.807, 2.05) is 0 Å². The molecule has 34 heavy (non-hydrogen) atoms. The van der Waals surface area contributed by atoms with Crippen LogP contribution < -0.4 is 15.4 Å². The molecule has 0 aliphatic carbocycles. The molecule has 0 bridgehead atoms. The van der Waals surface area contributed by atoms with E-state index in [0.717, 1.165) is 31.1 Å². The van der Waals surface area contributed by atoms with Crippen molar-refractivity contribution in [3.63, 3.8) is 0 Å². The van der Waals surface area contributed by atoms with Crippen LogP contribution in [0.2, 0.25) is 0 Å². The van der Waals surface area contributed by atoms with E-state index in [9.17, 15) is 18.8 Å². The minimum absolute atomic E-state index is 0.0423. The molecule has 3 amide bonds. The number of anilines is 1. The van der Waals surface area contributed by atoms with Crippen molar-refractivity contribution < 1.29 is 23.5 Å². The average Bonchev–Trinajstić information content (AvgIpc) is 3.48. The molecule has 2 aromatic carbocycles. The van der Waals surface area contributed by atoms with Gasteiger partial charge in [-0.05, 0) is 61.4 Å². The summed E-state index contributed by atoms with van der Waals surface area (Å²) in [4.78, 5) is 43.1. The molecule has 2 aromatic rings. The molecule has 2 N–H and O–H groups in total. The molecule has 4 rings (SSSR count). The summed E-state index contributed by atoms with van der Waals surface area (Å²) < 4.78 is 18.3. The third-order valence-corrected chi connectivity index (χ3v) is 6.59. The van der Waals surface area contributed by atoms with Crippen molar-refractivity contribution >= 4 is 40.3 Å². The van der Waals surface area contributed by atoms with Crippen LogP contribution in [-0.4, -0.2) is 59.3 Å². The van der Waals surface area contributed by atoms with Crippen molar-refractivity contribution in [1.29, 1.82) is 0 Å². The largest absolute Gasteiger partial charge is 0.492 e. The lowest BCUT2D eigenvalue weighted by molar-refractivity contribution is -0.121. The highest BCUT2D eigenvalue weighted by Crippen LogP contribution is 2.29. The van der Waals surface area contributed by atoms with Crippen molar-refractivity contribution in [2.24, 2.45) is 4.99 Å². The monoisotopic (exact) mass is 484 g/mol. The van der Waals surface area contributed by atoms with Gasteiger partial charge in [0.25, 0.3) is 11.8 Å². The number of aliphatic imine (C=N–C) groups is 1. The Morgan fingerprint density at radius 2 is 1.79 bits per heavy atom. The van der Waals surface area contributed by atoms with E-state index < -0.39 is 5.25 Å². The smallest absolute Gasteiger partial charge is 0.262 e. The van der Waals surface area contributed by atoms with Crippen LogP contribution in [0.15, 0.2) is 53.5 Å². The van der Waals surface area contributed by atoms with Gasteiger partial charge in [0, 0.05) is 30.8 Å². The molecule has 178 valence electrons. The second-order valence-electron chi connectivity index (χ2n) is 7.92. The van der Waals surface area contributed by atoms with E-state index in [-0.39, 0.29) is 43.1 Å². The van der Waals surface area contributed by atoms with Gasteiger partial charge in [0.1, 0.15) is 23.4 Å². The number of thioether (sulfide) groups is 1. The number of likely N-dealkylation sites (tertiary alicyclic amines) is 1. The van der Waals surface area contributed by atoms with E-state index in [0.29, 0.717) is 17.0 Å². The number of carbonyl (C=O) groups is 3. The Morgan fingerprint density at radius 1 is 1.09 bits per heavy atom. The van der Waals surface area contributed by atoms with Gasteiger partial charge in [-0.25, -0.2) is 4.39 Å². The fraction of sp³-hybridized carbons (Fsp3) is 0.333. The SMILES string of the molecule is O=C(CC1SC(N2CCCC2)=NC1=O)Nc1ccc(C(=O)NCCOc2ccc(F)cc2)cc1. The summed E-state index contributed by atoms with van der Waals surface area (Å²) in [7, 11) is 0. The predicted octanol–water partition coefficient (Wildman–Crippen LogP) is 3.06. The maximum Gasteiger partial charge on any atom is 0.262 e. The van der Waals surface area contributed by atoms with Crippen LogP contribution >= 0.6 is 11.8 Å². The number of carbonyl (C=O) groups excluding carboxylic acids is 3. The Hall–Kier alpha value is -3.40. The first kappa shape index (κ1) is 23.7. The summed E-state index contributed by atoms with van der Waals surface area (Å²) in [5.74, 6) is -0.643. The zero-order valence-electron chi connectivity index (χ0n) is 18.5. The molecule has 0 spiro atoms. The van der Waals surface area contributed by atoms with Crippen LogP contribution in [0, 0.1) is 5.82 Å². The third-order valence-electron chi connectivity index (χ3n) is 5.38. The summed E-state index contributed by atoms with van der Waals surface area (Å²) >= 11 is 1.36. The van der Waals surface area contributed by atoms with Gasteiger partial charge in [0.15, 0.2) is 5.17 Å². The van der Waals surface area contributed by atoms with E-state index in [4.69, 9.17) is 4.74 Å². The number of amides is 3. The highest BCUT2D eigenvalue weighted by Gasteiger charge is 2.33. The minimum Gasteiger partial charge on any atom is -0.492 e. The lowest BCUT2D eigenvalue weighted by atomic mass is 10.2. The molecule has 1 atom stereocenters. The number of amidine groups is 1. The summed E-state index contributed by atoms with van der Waals surface area (Å²) in [5.41, 5.74) is 0.974. The van der Waals surface area contributed by atoms with Gasteiger partial charge in [-0.3, -0.25) is 14.4 Å². The average molecular weight is 485 g/mol. The fourth-order valence-electron chi connectivity index (χ4n) is 3.60. The molecule has 1 saturated heterocycles. The third kappa shape index (κ3) is 6.34. The Morgan fingerprint density at radius 3 is 2.50 bits per heavy atom. The van der Waals surface area contributed by atoms with Gasteiger partial charge in [-0.15, -0.1) is 0 Å². The van der Waals surface area contributed by atoms with Gasteiger partial charge in [0.05, 0.1) is 6.54 Å². The Bertz CT molecular complexity index is 1070. The van der Waals surface area contributed by atoms with Gasteiger partial charge < -0.3 is 20.3 Å². The number of rotatable bonds is 8. The standard InChI is InChI=1S/C24H25FN4O4S/c25-17-5-9-19(10-6-17)33-14-11-26-22(31)16-3-7-18(8-4-16)27-21(30)15-20-23(32)28-24(34-20)29-12-1-2-13-29/h3-10,20H,1-2,11-15H2,(H,26,31)(H,27,30). The summed E-state index contributed by atoms with van der Waals surface area (Å²) in [6.07, 6.45) is 2.23. The maximum atomic E-state index is 12.9. The predicted molar refractivity (Wildman–Crippen MR) is 129 cm³/mol. The number of hydrogen-bond acceptors (Lipinski definition) is 6. The van der Waals surface area contributed by atoms with Crippen molar-refractivity contribution in [2.45, 2.75) is 24.5 Å². The second kappa shape index (κ2) is 11.1. The molecule has 2 aliphatic rings. The van der Waals surface area contributed by atoms with E-state index >= 15 is 0 Å². The zero-order chi connectivity index (χ0) is 23.9. The number of nitrogens with one attached hydrogen (secondary N) is 2. The summed E-state index contributed by atoms with van der Waals surface area (Å²) in [5, 5.41) is 5.72. The topological polar surface area (TPSA) is 100 Å². The van der Waals surface area contributed by atoms with Crippen LogP contribution in [-0.2, 0) is 9.59 Å². The van der Waals surface area contributed by atoms with Crippen molar-refractivity contribution in [1.82, 2.24) is 10.2 Å². The van der Waals surface area contributed by atoms with Gasteiger partial charge in [-0.2, -0.15) is 4.99 Å². The molecular weight excluding hydrogens is 459 g/mol. The van der Waals surface area contributed by atoms with Crippen LogP contribution in [0.3, 0.4) is 0 Å². The summed E-state index contributed by atoms with van der Waals surface area (Å²) in [6, 6.07) is 12.1. The molecule has 2 heterocycles. The zero-order valence-corrected chi connectivity index (χ0v) is 19.3. The minimum atomic E-state index is -0.502. The van der Waals surface area contributed by atoms with Gasteiger partial charge in [0.2, 0.25) is 5.91 Å². The molecule has 10 heteroatoms. The number of benzene rings is 2. The number of halogens is 1. The number of nitrogens with zero attached hydrogens (tertiary/aromatic N) is 2. The first-order valence-electron chi connectivity index (χ1n) is 11.1. The fourth-order valence-corrected chi connectivity index (χ4v) is 4.72. The number of hydrogen-bond donors (Lipinski definition) is 2. The van der Waals surface area contributed by atoms with Crippen molar-refractivity contribution in [3.05, 3.63) is 59.9 Å². The lowest BCUT2D eigenvalue weighted by Gasteiger charge is -2.16. The Balaban J connectivity index is 1.18. The van der Waals surface area contributed by atoms with Gasteiger partial charge in [-0.1, -0.05) is 11.8 Å². The Labute approximate surface area is 200 Å². The molecule has 8 nitrogen and oxygen atoms in total. The Kier molecular flexibility index (Phi) is 7.79. The molecule has 2 aliphatic heterocycles. The first-order valence-corrected chi connectivity index (χ1v) is 12.0. The van der Waals surface area contributed by atoms with E-state index in [1.54, 1.807) is 24.3 Å². The molecule has 0 saturated carbocycles. The summed E-state index contributed by atoms with van der Waals surface area (Å²) in [6.45, 7) is 2.33. The van der Waals surface area contributed by atoms with Crippen molar-refractivity contribution in [2.75, 3.05) is 31.6 Å². The van der Waals surface area contributed by atoms with Crippen molar-refractivity contribution in [3.8, 4) is 5.75 Å². The second-order valence-corrected chi connectivity index (χ2v) is 9.09. The molecule has 0 radical (unpaired) electrons. The van der Waals surface area contributed by atoms with E-state index in [2.05, 4.69) is 20.5 Å². The quantitative estimate of drug-likeness (QED) is 0.559. The van der Waals surface area contributed by atoms with Gasteiger partial charge >= 0.3 is 0 Å². The molecular formula is C24H25FN4O4S. The molecule has 1 unspecified atom stereocenters. The molecule has 1 fully saturated rings. The molecule has 0 aromatic heterocycles. The lowest BCUT2D eigenvalue weighted by Crippen LogP contribution is -2.28. The van der Waals surface area contributed by atoms with Crippen LogP contribution in [0.25, 0.3) is 0 Å². The first-order chi connectivity index (χ1) is 16.5. The highest BCUT2D eigenvalue weighted by molar-refractivity contribution is 8.15. The van der Waals surface area contributed by atoms with Crippen LogP contribution in [0.1, 0.15) is 29.6 Å².